The maximum atomic E-state index is 11.8. The van der Waals surface area contributed by atoms with Crippen LogP contribution in [0.4, 0.5) is 0 Å². The number of ether oxygens (including phenoxy) is 3. The number of amides is 1. The molecular formula is C13H24N2O5. The Morgan fingerprint density at radius 3 is 2.70 bits per heavy atom. The van der Waals surface area contributed by atoms with Gasteiger partial charge in [0, 0.05) is 32.6 Å². The lowest BCUT2D eigenvalue weighted by Crippen LogP contribution is -2.41. The number of carbonyl (C=O) groups excluding carboxylic acids is 2. The van der Waals surface area contributed by atoms with Crippen LogP contribution in [0.15, 0.2) is 0 Å². The van der Waals surface area contributed by atoms with Gasteiger partial charge in [-0.05, 0) is 6.92 Å². The first-order valence-corrected chi connectivity index (χ1v) is 7.03. The van der Waals surface area contributed by atoms with E-state index in [9.17, 15) is 9.59 Å². The fourth-order valence-electron chi connectivity index (χ4n) is 1.79. The van der Waals surface area contributed by atoms with Gasteiger partial charge in [-0.2, -0.15) is 0 Å². The van der Waals surface area contributed by atoms with E-state index < -0.39 is 0 Å². The van der Waals surface area contributed by atoms with Crippen LogP contribution in [0.3, 0.4) is 0 Å². The average molecular weight is 288 g/mol. The van der Waals surface area contributed by atoms with E-state index >= 15 is 0 Å². The van der Waals surface area contributed by atoms with Crippen molar-refractivity contribution >= 4 is 11.9 Å². The minimum absolute atomic E-state index is 0.0256. The molecule has 20 heavy (non-hydrogen) atoms. The van der Waals surface area contributed by atoms with E-state index in [2.05, 4.69) is 5.32 Å². The minimum atomic E-state index is -0.352. The van der Waals surface area contributed by atoms with Crippen LogP contribution >= 0.6 is 0 Å². The summed E-state index contributed by atoms with van der Waals surface area (Å²) in [4.78, 5) is 24.6. The first-order chi connectivity index (χ1) is 9.74. The van der Waals surface area contributed by atoms with Crippen molar-refractivity contribution < 1.29 is 23.8 Å². The third-order valence-corrected chi connectivity index (χ3v) is 2.83. The lowest BCUT2D eigenvalue weighted by Gasteiger charge is -2.26. The molecule has 1 rings (SSSR count). The zero-order chi connectivity index (χ0) is 14.6. The number of nitrogens with zero attached hydrogens (tertiary/aromatic N) is 1. The Labute approximate surface area is 119 Å². The van der Waals surface area contributed by atoms with Crippen LogP contribution in [0, 0.1) is 0 Å². The van der Waals surface area contributed by atoms with Gasteiger partial charge in [0.15, 0.2) is 0 Å². The summed E-state index contributed by atoms with van der Waals surface area (Å²) in [5.74, 6) is -0.205. The molecule has 0 aromatic rings. The lowest BCUT2D eigenvalue weighted by atomic mass is 10.3. The predicted molar refractivity (Wildman–Crippen MR) is 72.3 cm³/mol. The summed E-state index contributed by atoms with van der Waals surface area (Å²) in [6.07, 6.45) is 0.470. The second-order valence-electron chi connectivity index (χ2n) is 4.35. The molecule has 0 radical (unpaired) electrons. The predicted octanol–water partition coefficient (Wildman–Crippen LogP) is -0.595. The first kappa shape index (κ1) is 16.9. The van der Waals surface area contributed by atoms with Gasteiger partial charge in [-0.3, -0.25) is 4.79 Å². The number of hydrogen-bond acceptors (Lipinski definition) is 6. The highest BCUT2D eigenvalue weighted by Crippen LogP contribution is 1.99. The van der Waals surface area contributed by atoms with Gasteiger partial charge in [0.05, 0.1) is 26.4 Å². The topological polar surface area (TPSA) is 77.1 Å². The molecule has 0 unspecified atom stereocenters. The summed E-state index contributed by atoms with van der Waals surface area (Å²) in [5.41, 5.74) is 0. The second kappa shape index (κ2) is 10.6. The monoisotopic (exact) mass is 288 g/mol. The molecule has 0 atom stereocenters. The summed E-state index contributed by atoms with van der Waals surface area (Å²) < 4.78 is 15.0. The molecule has 0 bridgehead atoms. The van der Waals surface area contributed by atoms with E-state index in [-0.39, 0.29) is 18.5 Å². The highest BCUT2D eigenvalue weighted by molar-refractivity contribution is 5.76. The highest BCUT2D eigenvalue weighted by Gasteiger charge is 2.15. The third kappa shape index (κ3) is 7.42. The van der Waals surface area contributed by atoms with Gasteiger partial charge in [0.2, 0.25) is 5.91 Å². The molecule has 1 aliphatic rings. The van der Waals surface area contributed by atoms with Gasteiger partial charge in [0.1, 0.15) is 6.61 Å². The van der Waals surface area contributed by atoms with E-state index in [1.54, 1.807) is 6.92 Å². The van der Waals surface area contributed by atoms with E-state index in [4.69, 9.17) is 14.2 Å². The molecule has 0 spiro atoms. The van der Waals surface area contributed by atoms with E-state index in [0.29, 0.717) is 59.0 Å². The van der Waals surface area contributed by atoms with Crippen LogP contribution in [-0.2, 0) is 23.8 Å². The summed E-state index contributed by atoms with van der Waals surface area (Å²) in [7, 11) is 0. The molecule has 7 nitrogen and oxygen atoms in total. The largest absolute Gasteiger partial charge is 0.464 e. The van der Waals surface area contributed by atoms with Crippen molar-refractivity contribution in [2.24, 2.45) is 0 Å². The van der Waals surface area contributed by atoms with Crippen molar-refractivity contribution in [2.75, 3.05) is 59.2 Å². The van der Waals surface area contributed by atoms with Crippen LogP contribution < -0.4 is 5.32 Å². The normalized spacial score (nSPS) is 15.2. The van der Waals surface area contributed by atoms with Gasteiger partial charge < -0.3 is 24.4 Å². The number of nitrogens with one attached hydrogen (secondary N) is 1. The zero-order valence-corrected chi connectivity index (χ0v) is 12.1. The Morgan fingerprint density at radius 1 is 1.25 bits per heavy atom. The first-order valence-electron chi connectivity index (χ1n) is 7.03. The molecule has 1 N–H and O–H groups in total. The van der Waals surface area contributed by atoms with Crippen LogP contribution in [0.25, 0.3) is 0 Å². The van der Waals surface area contributed by atoms with Crippen molar-refractivity contribution in [3.63, 3.8) is 0 Å². The quantitative estimate of drug-likeness (QED) is 0.451. The van der Waals surface area contributed by atoms with Crippen molar-refractivity contribution in [3.05, 3.63) is 0 Å². The number of morpholine rings is 1. The van der Waals surface area contributed by atoms with Crippen molar-refractivity contribution in [3.8, 4) is 0 Å². The molecule has 1 heterocycles. The Hall–Kier alpha value is -1.18. The van der Waals surface area contributed by atoms with Crippen LogP contribution in [0.2, 0.25) is 0 Å². The standard InChI is InChI=1S/C13H24N2O5/c1-2-20-13(17)11-19-8-5-14-4-3-12(16)15-6-9-18-10-7-15/h14H,2-11H2,1H3. The Kier molecular flexibility index (Phi) is 8.93. The fraction of sp³-hybridized carbons (Fsp3) is 0.846. The average Bonchev–Trinajstić information content (AvgIpc) is 2.47. The Morgan fingerprint density at radius 2 is 2.00 bits per heavy atom. The number of esters is 1. The molecular weight excluding hydrogens is 264 g/mol. The van der Waals surface area contributed by atoms with Crippen molar-refractivity contribution in [1.82, 2.24) is 10.2 Å². The lowest BCUT2D eigenvalue weighted by molar-refractivity contribution is -0.148. The summed E-state index contributed by atoms with van der Waals surface area (Å²) in [6, 6.07) is 0. The Bertz CT molecular complexity index is 292. The van der Waals surface area contributed by atoms with Gasteiger partial charge in [-0.1, -0.05) is 0 Å². The number of carbonyl (C=O) groups is 2. The maximum Gasteiger partial charge on any atom is 0.332 e. The smallest absolute Gasteiger partial charge is 0.332 e. The molecule has 1 saturated heterocycles. The number of hydrogen-bond donors (Lipinski definition) is 1. The molecule has 0 aromatic carbocycles. The van der Waals surface area contributed by atoms with Crippen LogP contribution in [0.1, 0.15) is 13.3 Å². The molecule has 1 aliphatic heterocycles. The van der Waals surface area contributed by atoms with Crippen LogP contribution in [0.5, 0.6) is 0 Å². The second-order valence-corrected chi connectivity index (χ2v) is 4.35. The third-order valence-electron chi connectivity index (χ3n) is 2.83. The summed E-state index contributed by atoms with van der Waals surface area (Å²) >= 11 is 0. The fourth-order valence-corrected chi connectivity index (χ4v) is 1.79. The van der Waals surface area contributed by atoms with E-state index in [1.807, 2.05) is 4.90 Å². The SMILES string of the molecule is CCOC(=O)COCCNCCC(=O)N1CCOCC1. The number of rotatable bonds is 9. The van der Waals surface area contributed by atoms with Gasteiger partial charge >= 0.3 is 5.97 Å². The van der Waals surface area contributed by atoms with E-state index in [0.717, 1.165) is 0 Å². The van der Waals surface area contributed by atoms with Gasteiger partial charge in [-0.25, -0.2) is 4.79 Å². The molecule has 0 aliphatic carbocycles. The summed E-state index contributed by atoms with van der Waals surface area (Å²) in [6.45, 7) is 6.35. The molecule has 116 valence electrons. The summed E-state index contributed by atoms with van der Waals surface area (Å²) in [5, 5.41) is 3.11. The van der Waals surface area contributed by atoms with Crippen molar-refractivity contribution in [1.29, 1.82) is 0 Å². The van der Waals surface area contributed by atoms with E-state index in [1.165, 1.54) is 0 Å². The highest BCUT2D eigenvalue weighted by atomic mass is 16.6. The van der Waals surface area contributed by atoms with Crippen LogP contribution in [-0.4, -0.2) is 76.0 Å². The zero-order valence-electron chi connectivity index (χ0n) is 12.1. The van der Waals surface area contributed by atoms with Gasteiger partial charge in [-0.15, -0.1) is 0 Å². The maximum absolute atomic E-state index is 11.8. The molecule has 1 amide bonds. The molecule has 1 fully saturated rings. The molecule has 7 heteroatoms. The molecule has 0 aromatic heterocycles. The Balaban J connectivity index is 1.91. The van der Waals surface area contributed by atoms with Gasteiger partial charge in [0.25, 0.3) is 0 Å². The van der Waals surface area contributed by atoms with Crippen molar-refractivity contribution in [2.45, 2.75) is 13.3 Å². The molecule has 0 saturated carbocycles. The minimum Gasteiger partial charge on any atom is -0.464 e.